The first-order valence-corrected chi connectivity index (χ1v) is 12.2. The molecule has 188 valence electrons. The van der Waals surface area contributed by atoms with Gasteiger partial charge in [0.2, 0.25) is 5.88 Å². The van der Waals surface area contributed by atoms with E-state index in [2.05, 4.69) is 47.2 Å². The van der Waals surface area contributed by atoms with Gasteiger partial charge in [-0.05, 0) is 42.3 Å². The van der Waals surface area contributed by atoms with Gasteiger partial charge in [-0.1, -0.05) is 6.92 Å². The number of nitrogens with zero attached hydrogens (tertiary/aromatic N) is 6. The first-order valence-electron chi connectivity index (χ1n) is 12.2. The first kappa shape index (κ1) is 22.9. The van der Waals surface area contributed by atoms with E-state index in [1.165, 1.54) is 13.3 Å². The summed E-state index contributed by atoms with van der Waals surface area (Å²) >= 11 is 0. The van der Waals surface area contributed by atoms with Crippen molar-refractivity contribution in [3.63, 3.8) is 0 Å². The Morgan fingerprint density at radius 2 is 1.92 bits per heavy atom. The number of anilines is 3. The number of aromatic nitrogens is 6. The van der Waals surface area contributed by atoms with Gasteiger partial charge in [0.1, 0.15) is 11.5 Å². The smallest absolute Gasteiger partial charge is 0.259 e. The quantitative estimate of drug-likeness (QED) is 0.324. The van der Waals surface area contributed by atoms with Crippen molar-refractivity contribution in [1.82, 2.24) is 35.0 Å². The highest BCUT2D eigenvalue weighted by Gasteiger charge is 2.20. The van der Waals surface area contributed by atoms with Gasteiger partial charge < -0.3 is 24.8 Å². The number of nitrogens with one attached hydrogen (secondary N) is 3. The summed E-state index contributed by atoms with van der Waals surface area (Å²) in [7, 11) is 1.54. The molecular weight excluding hydrogens is 470 g/mol. The molecule has 1 aliphatic heterocycles. The van der Waals surface area contributed by atoms with Crippen molar-refractivity contribution >= 4 is 39.0 Å². The maximum Gasteiger partial charge on any atom is 0.259 e. The number of hydrogen-bond donors (Lipinski definition) is 3. The number of hydrogen-bond acceptors (Lipinski definition) is 9. The second kappa shape index (κ2) is 9.51. The largest absolute Gasteiger partial charge is 0.480 e. The van der Waals surface area contributed by atoms with E-state index >= 15 is 0 Å². The van der Waals surface area contributed by atoms with Crippen molar-refractivity contribution in [1.29, 1.82) is 0 Å². The van der Waals surface area contributed by atoms with Crippen LogP contribution in [0.15, 0.2) is 53.7 Å². The molecular formula is C26H27N9O2. The summed E-state index contributed by atoms with van der Waals surface area (Å²) in [4.78, 5) is 33.7. The third-order valence-corrected chi connectivity index (χ3v) is 6.76. The Kier molecular flexibility index (Phi) is 5.89. The number of likely N-dealkylation sites (N-methyl/N-ethyl adjacent to an activating group) is 1. The van der Waals surface area contributed by atoms with Gasteiger partial charge in [0, 0.05) is 43.4 Å². The van der Waals surface area contributed by atoms with Crippen LogP contribution in [0.25, 0.3) is 33.1 Å². The third kappa shape index (κ3) is 4.33. The lowest BCUT2D eigenvalue weighted by atomic mass is 10.1. The molecule has 6 rings (SSSR count). The van der Waals surface area contributed by atoms with E-state index in [-0.39, 0.29) is 5.56 Å². The number of H-pyrrole nitrogens is 2. The van der Waals surface area contributed by atoms with Crippen molar-refractivity contribution in [3.05, 3.63) is 59.3 Å². The zero-order valence-electron chi connectivity index (χ0n) is 20.7. The number of benzene rings is 1. The van der Waals surface area contributed by atoms with Crippen LogP contribution in [0.5, 0.6) is 5.88 Å². The molecule has 0 aliphatic carbocycles. The van der Waals surface area contributed by atoms with Crippen molar-refractivity contribution in [2.75, 3.05) is 50.1 Å². The van der Waals surface area contributed by atoms with Crippen LogP contribution < -0.4 is 20.5 Å². The Labute approximate surface area is 212 Å². The molecule has 5 heterocycles. The molecule has 3 N–H and O–H groups in total. The van der Waals surface area contributed by atoms with Crippen LogP contribution in [-0.4, -0.2) is 74.9 Å². The fraction of sp³-hybridized carbons (Fsp3) is 0.269. The Balaban J connectivity index is 1.36. The fourth-order valence-electron chi connectivity index (χ4n) is 4.74. The Bertz CT molecular complexity index is 1640. The van der Waals surface area contributed by atoms with Crippen molar-refractivity contribution in [2.45, 2.75) is 6.92 Å². The summed E-state index contributed by atoms with van der Waals surface area (Å²) in [6.07, 6.45) is 4.77. The van der Waals surface area contributed by atoms with Crippen LogP contribution in [0.3, 0.4) is 0 Å². The van der Waals surface area contributed by atoms with Gasteiger partial charge in [-0.3, -0.25) is 14.9 Å². The molecule has 0 bridgehead atoms. The minimum Gasteiger partial charge on any atom is -0.480 e. The highest BCUT2D eigenvalue weighted by atomic mass is 16.5. The van der Waals surface area contributed by atoms with Gasteiger partial charge in [-0.15, -0.1) is 0 Å². The maximum absolute atomic E-state index is 12.8. The summed E-state index contributed by atoms with van der Waals surface area (Å²) in [5.74, 6) is 1.78. The van der Waals surface area contributed by atoms with Gasteiger partial charge in [0.15, 0.2) is 5.82 Å². The van der Waals surface area contributed by atoms with Crippen LogP contribution >= 0.6 is 0 Å². The molecule has 0 radical (unpaired) electrons. The molecule has 11 heteroatoms. The number of aromatic amines is 2. The second-order valence-corrected chi connectivity index (χ2v) is 8.93. The van der Waals surface area contributed by atoms with E-state index in [9.17, 15) is 4.79 Å². The molecule has 5 aromatic rings. The molecule has 4 aromatic heterocycles. The molecule has 0 amide bonds. The topological polar surface area (TPSA) is 128 Å². The summed E-state index contributed by atoms with van der Waals surface area (Å²) in [6.45, 7) is 7.23. The molecule has 0 spiro atoms. The van der Waals surface area contributed by atoms with Crippen molar-refractivity contribution < 1.29 is 4.74 Å². The minimum atomic E-state index is -0.230. The number of ether oxygens (including phenoxy) is 1. The van der Waals surface area contributed by atoms with Crippen molar-refractivity contribution in [3.8, 4) is 17.3 Å². The van der Waals surface area contributed by atoms with Gasteiger partial charge in [0.05, 0.1) is 36.1 Å². The molecule has 37 heavy (non-hydrogen) atoms. The summed E-state index contributed by atoms with van der Waals surface area (Å²) in [5.41, 5.74) is 2.58. The molecule has 1 aromatic carbocycles. The van der Waals surface area contributed by atoms with E-state index in [1.54, 1.807) is 12.4 Å². The van der Waals surface area contributed by atoms with Crippen LogP contribution in [-0.2, 0) is 0 Å². The summed E-state index contributed by atoms with van der Waals surface area (Å²) in [5, 5.41) is 13.4. The van der Waals surface area contributed by atoms with Gasteiger partial charge in [-0.2, -0.15) is 5.10 Å². The van der Waals surface area contributed by atoms with Crippen LogP contribution in [0.2, 0.25) is 0 Å². The standard InChI is InChI=1S/C26H27N9O2/c1-3-34-8-10-35(11-9-34)25-18-5-4-17(13-19(18)32-33-25)29-24-23-16(6-7-28-26(23)36)12-20(31-24)21-14-27-15-22(30-21)37-2/h4-7,12-15H,3,8-11H2,1-2H3,(H,28,36)(H,29,31)(H,32,33). The van der Waals surface area contributed by atoms with E-state index < -0.39 is 0 Å². The normalized spacial score (nSPS) is 14.4. The summed E-state index contributed by atoms with van der Waals surface area (Å²) < 4.78 is 5.22. The fourth-order valence-corrected chi connectivity index (χ4v) is 4.74. The molecule has 1 aliphatic rings. The predicted octanol–water partition coefficient (Wildman–Crippen LogP) is 3.15. The zero-order valence-corrected chi connectivity index (χ0v) is 20.7. The number of pyridine rings is 2. The monoisotopic (exact) mass is 497 g/mol. The molecule has 1 saturated heterocycles. The molecule has 1 fully saturated rings. The van der Waals surface area contributed by atoms with Gasteiger partial charge in [-0.25, -0.2) is 9.97 Å². The lowest BCUT2D eigenvalue weighted by Crippen LogP contribution is -2.46. The highest BCUT2D eigenvalue weighted by Crippen LogP contribution is 2.31. The van der Waals surface area contributed by atoms with Crippen LogP contribution in [0.4, 0.5) is 17.3 Å². The average molecular weight is 498 g/mol. The highest BCUT2D eigenvalue weighted by molar-refractivity contribution is 5.97. The third-order valence-electron chi connectivity index (χ3n) is 6.76. The van der Waals surface area contributed by atoms with Crippen molar-refractivity contribution in [2.24, 2.45) is 0 Å². The van der Waals surface area contributed by atoms with E-state index in [1.807, 2.05) is 30.3 Å². The number of rotatable bonds is 6. The number of methoxy groups -OCH3 is 1. The number of fused-ring (bicyclic) bond motifs is 2. The van der Waals surface area contributed by atoms with E-state index in [0.29, 0.717) is 28.5 Å². The Morgan fingerprint density at radius 1 is 1.05 bits per heavy atom. The lowest BCUT2D eigenvalue weighted by Gasteiger charge is -2.34. The average Bonchev–Trinajstić information content (AvgIpc) is 3.36. The Morgan fingerprint density at radius 3 is 2.73 bits per heavy atom. The molecule has 0 unspecified atom stereocenters. The molecule has 0 atom stereocenters. The van der Waals surface area contributed by atoms with Gasteiger partial charge in [0.25, 0.3) is 5.56 Å². The molecule has 0 saturated carbocycles. The second-order valence-electron chi connectivity index (χ2n) is 8.93. The van der Waals surface area contributed by atoms with E-state index in [4.69, 9.17) is 9.72 Å². The van der Waals surface area contributed by atoms with E-state index in [0.717, 1.165) is 60.5 Å². The minimum absolute atomic E-state index is 0.230. The lowest BCUT2D eigenvalue weighted by molar-refractivity contribution is 0.270. The Hall–Kier alpha value is -4.51. The number of piperazine rings is 1. The van der Waals surface area contributed by atoms with Crippen LogP contribution in [0.1, 0.15) is 6.92 Å². The SMILES string of the molecule is CCN1CCN(c2n[nH]c3cc(Nc4nc(-c5cncc(OC)n5)cc5cc[nH]c(=O)c45)ccc23)CC1. The van der Waals surface area contributed by atoms with Gasteiger partial charge >= 0.3 is 0 Å². The maximum atomic E-state index is 12.8. The molecule has 11 nitrogen and oxygen atoms in total. The van der Waals surface area contributed by atoms with Crippen LogP contribution in [0, 0.1) is 0 Å². The zero-order chi connectivity index (χ0) is 25.4. The summed E-state index contributed by atoms with van der Waals surface area (Å²) in [6, 6.07) is 9.67. The first-order chi connectivity index (χ1) is 18.1. The predicted molar refractivity (Wildman–Crippen MR) is 144 cm³/mol.